The van der Waals surface area contributed by atoms with E-state index in [2.05, 4.69) is 18.7 Å². The van der Waals surface area contributed by atoms with Crippen molar-refractivity contribution < 1.29 is 9.53 Å². The number of benzene rings is 1. The summed E-state index contributed by atoms with van der Waals surface area (Å²) in [6.07, 6.45) is 8.49. The maximum atomic E-state index is 11.7. The first kappa shape index (κ1) is 15.0. The van der Waals surface area contributed by atoms with Crippen molar-refractivity contribution in [3.63, 3.8) is 0 Å². The summed E-state index contributed by atoms with van der Waals surface area (Å²) < 4.78 is 5.44. The molecule has 0 radical (unpaired) electrons. The Labute approximate surface area is 138 Å². The van der Waals surface area contributed by atoms with E-state index in [-0.39, 0.29) is 5.97 Å². The third kappa shape index (κ3) is 2.52. The highest BCUT2D eigenvalue weighted by atomic mass is 16.5. The third-order valence-electron chi connectivity index (χ3n) is 6.38. The minimum Gasteiger partial charge on any atom is -0.423 e. The maximum absolute atomic E-state index is 11.7. The van der Waals surface area contributed by atoms with Gasteiger partial charge in [-0.2, -0.15) is 0 Å². The van der Waals surface area contributed by atoms with Gasteiger partial charge < -0.3 is 4.74 Å². The van der Waals surface area contributed by atoms with E-state index in [0.717, 1.165) is 23.3 Å². The second-order valence-electron chi connectivity index (χ2n) is 8.35. The predicted octanol–water partition coefficient (Wildman–Crippen LogP) is 4.94. The molecular formula is C21H26O2. The summed E-state index contributed by atoms with van der Waals surface area (Å²) in [6, 6.07) is 6.47. The van der Waals surface area contributed by atoms with E-state index in [0.29, 0.717) is 16.7 Å². The molecule has 4 aliphatic carbocycles. The molecule has 0 heterocycles. The summed E-state index contributed by atoms with van der Waals surface area (Å²) in [6.45, 7) is 7.38. The molecule has 0 atom stereocenters. The monoisotopic (exact) mass is 310 g/mol. The SMILES string of the molecule is C=C(C)C(=O)Oc1ccc(C23CC4CC(CC(C4)C2)C3)cc1C. The number of hydrogen-bond acceptors (Lipinski definition) is 2. The van der Waals surface area contributed by atoms with Gasteiger partial charge in [0.1, 0.15) is 5.75 Å². The molecule has 2 heteroatoms. The van der Waals surface area contributed by atoms with Crippen LogP contribution in [0.1, 0.15) is 56.6 Å². The van der Waals surface area contributed by atoms with Crippen molar-refractivity contribution in [2.45, 2.75) is 57.8 Å². The minimum absolute atomic E-state index is 0.337. The summed E-state index contributed by atoms with van der Waals surface area (Å²) in [5.41, 5.74) is 3.38. The van der Waals surface area contributed by atoms with Gasteiger partial charge in [-0.05, 0) is 92.7 Å². The van der Waals surface area contributed by atoms with Crippen LogP contribution >= 0.6 is 0 Å². The van der Waals surface area contributed by atoms with Crippen molar-refractivity contribution >= 4 is 5.97 Å². The molecule has 4 saturated carbocycles. The summed E-state index contributed by atoms with van der Waals surface area (Å²) in [5, 5.41) is 0. The fourth-order valence-corrected chi connectivity index (χ4v) is 5.74. The molecule has 1 aromatic carbocycles. The number of hydrogen-bond donors (Lipinski definition) is 0. The Morgan fingerprint density at radius 2 is 1.70 bits per heavy atom. The molecule has 0 saturated heterocycles. The minimum atomic E-state index is -0.337. The van der Waals surface area contributed by atoms with Crippen LogP contribution in [0.25, 0.3) is 0 Å². The molecular weight excluding hydrogens is 284 g/mol. The van der Waals surface area contributed by atoms with Gasteiger partial charge >= 0.3 is 5.97 Å². The van der Waals surface area contributed by atoms with E-state index in [4.69, 9.17) is 4.74 Å². The zero-order chi connectivity index (χ0) is 16.2. The van der Waals surface area contributed by atoms with Crippen LogP contribution in [0, 0.1) is 24.7 Å². The summed E-state index contributed by atoms with van der Waals surface area (Å²) >= 11 is 0. The molecule has 0 aliphatic heterocycles. The van der Waals surface area contributed by atoms with Gasteiger partial charge in [0.05, 0.1) is 0 Å². The molecule has 23 heavy (non-hydrogen) atoms. The lowest BCUT2D eigenvalue weighted by atomic mass is 9.48. The zero-order valence-electron chi connectivity index (χ0n) is 14.2. The molecule has 0 spiro atoms. The lowest BCUT2D eigenvalue weighted by molar-refractivity contribution is -0.130. The van der Waals surface area contributed by atoms with Crippen LogP contribution in [0.15, 0.2) is 30.4 Å². The Balaban J connectivity index is 1.62. The fourth-order valence-electron chi connectivity index (χ4n) is 5.74. The van der Waals surface area contributed by atoms with Crippen molar-refractivity contribution in [1.82, 2.24) is 0 Å². The first-order valence-electron chi connectivity index (χ1n) is 8.94. The molecule has 5 rings (SSSR count). The molecule has 4 fully saturated rings. The van der Waals surface area contributed by atoms with Crippen LogP contribution in [-0.2, 0) is 10.2 Å². The second kappa shape index (κ2) is 5.22. The molecule has 4 aliphatic rings. The summed E-state index contributed by atoms with van der Waals surface area (Å²) in [7, 11) is 0. The van der Waals surface area contributed by atoms with E-state index < -0.39 is 0 Å². The van der Waals surface area contributed by atoms with E-state index in [1.165, 1.54) is 44.1 Å². The van der Waals surface area contributed by atoms with Crippen LogP contribution in [0.5, 0.6) is 5.75 Å². The number of rotatable bonds is 3. The molecule has 0 unspecified atom stereocenters. The molecule has 0 aromatic heterocycles. The number of ether oxygens (including phenoxy) is 1. The molecule has 4 bridgehead atoms. The van der Waals surface area contributed by atoms with E-state index >= 15 is 0 Å². The average molecular weight is 310 g/mol. The molecule has 122 valence electrons. The smallest absolute Gasteiger partial charge is 0.338 e. The Kier molecular flexibility index (Phi) is 3.40. The zero-order valence-corrected chi connectivity index (χ0v) is 14.2. The summed E-state index contributed by atoms with van der Waals surface area (Å²) in [5.74, 6) is 3.18. The van der Waals surface area contributed by atoms with Crippen molar-refractivity contribution in [3.05, 3.63) is 41.5 Å². The Morgan fingerprint density at radius 3 is 2.17 bits per heavy atom. The van der Waals surface area contributed by atoms with Gasteiger partial charge in [0.15, 0.2) is 0 Å². The van der Waals surface area contributed by atoms with Crippen molar-refractivity contribution in [2.24, 2.45) is 17.8 Å². The normalized spacial score (nSPS) is 34.4. The van der Waals surface area contributed by atoms with Gasteiger partial charge in [-0.25, -0.2) is 4.79 Å². The van der Waals surface area contributed by atoms with E-state index in [1.807, 2.05) is 13.0 Å². The summed E-state index contributed by atoms with van der Waals surface area (Å²) in [4.78, 5) is 11.7. The fraction of sp³-hybridized carbons (Fsp3) is 0.571. The molecule has 2 nitrogen and oxygen atoms in total. The third-order valence-corrected chi connectivity index (χ3v) is 6.38. The van der Waals surface area contributed by atoms with Gasteiger partial charge in [0.25, 0.3) is 0 Å². The second-order valence-corrected chi connectivity index (χ2v) is 8.35. The molecule has 1 aromatic rings. The lowest BCUT2D eigenvalue weighted by Gasteiger charge is -2.57. The average Bonchev–Trinajstić information content (AvgIpc) is 2.47. The first-order valence-corrected chi connectivity index (χ1v) is 8.94. The first-order chi connectivity index (χ1) is 10.9. The Hall–Kier alpha value is -1.57. The van der Waals surface area contributed by atoms with Crippen LogP contribution in [0.3, 0.4) is 0 Å². The van der Waals surface area contributed by atoms with Crippen LogP contribution in [0.4, 0.5) is 0 Å². The highest BCUT2D eigenvalue weighted by molar-refractivity contribution is 5.88. The highest BCUT2D eigenvalue weighted by Crippen LogP contribution is 2.60. The molecule has 0 N–H and O–H groups in total. The number of aryl methyl sites for hydroxylation is 1. The lowest BCUT2D eigenvalue weighted by Crippen LogP contribution is -2.48. The predicted molar refractivity (Wildman–Crippen MR) is 91.5 cm³/mol. The van der Waals surface area contributed by atoms with Crippen LogP contribution in [-0.4, -0.2) is 5.97 Å². The highest BCUT2D eigenvalue weighted by Gasteiger charge is 2.51. The number of esters is 1. The molecule has 0 amide bonds. The van der Waals surface area contributed by atoms with Crippen LogP contribution < -0.4 is 4.74 Å². The van der Waals surface area contributed by atoms with Crippen molar-refractivity contribution in [3.8, 4) is 5.75 Å². The standard InChI is InChI=1S/C21H26O2/c1-13(2)20(22)23-19-5-4-18(6-14(19)3)21-10-15-7-16(11-21)9-17(8-15)12-21/h4-6,15-17H,1,7-12H2,2-3H3. The number of carbonyl (C=O) groups excluding carboxylic acids is 1. The largest absolute Gasteiger partial charge is 0.423 e. The van der Waals surface area contributed by atoms with E-state index in [1.54, 1.807) is 6.92 Å². The number of carbonyl (C=O) groups is 1. The maximum Gasteiger partial charge on any atom is 0.338 e. The van der Waals surface area contributed by atoms with E-state index in [9.17, 15) is 4.79 Å². The van der Waals surface area contributed by atoms with Gasteiger partial charge in [-0.3, -0.25) is 0 Å². The van der Waals surface area contributed by atoms with Gasteiger partial charge in [-0.15, -0.1) is 0 Å². The quantitative estimate of drug-likeness (QED) is 0.449. The van der Waals surface area contributed by atoms with Gasteiger partial charge in [0.2, 0.25) is 0 Å². The topological polar surface area (TPSA) is 26.3 Å². The Morgan fingerprint density at radius 1 is 1.13 bits per heavy atom. The Bertz CT molecular complexity index is 635. The van der Waals surface area contributed by atoms with Crippen molar-refractivity contribution in [1.29, 1.82) is 0 Å². The van der Waals surface area contributed by atoms with Gasteiger partial charge in [-0.1, -0.05) is 18.7 Å². The van der Waals surface area contributed by atoms with Crippen LogP contribution in [0.2, 0.25) is 0 Å². The van der Waals surface area contributed by atoms with Gasteiger partial charge in [0, 0.05) is 5.57 Å². The van der Waals surface area contributed by atoms with Crippen molar-refractivity contribution in [2.75, 3.05) is 0 Å².